The molecule has 0 fully saturated rings. The van der Waals surface area contributed by atoms with Gasteiger partial charge in [0.2, 0.25) is 5.91 Å². The van der Waals surface area contributed by atoms with E-state index in [1.807, 2.05) is 0 Å². The maximum atomic E-state index is 13.1. The molecule has 0 unspecified atom stereocenters. The first-order valence-electron chi connectivity index (χ1n) is 11.5. The Labute approximate surface area is 173 Å². The summed E-state index contributed by atoms with van der Waals surface area (Å²) in [6.45, 7) is 15.0. The monoisotopic (exact) mass is 386 g/mol. The van der Waals surface area contributed by atoms with E-state index in [-0.39, 0.29) is 11.3 Å². The predicted molar refractivity (Wildman–Crippen MR) is 123 cm³/mol. The molecule has 1 heterocycles. The minimum Gasteiger partial charge on any atom is -0.370 e. The van der Waals surface area contributed by atoms with Gasteiger partial charge in [-0.2, -0.15) is 0 Å². The Balaban J connectivity index is 1.99. The Kier molecular flexibility index (Phi) is 8.39. The number of hydrogen-bond acceptors (Lipinski definition) is 2. The van der Waals surface area contributed by atoms with E-state index in [4.69, 9.17) is 0 Å². The lowest BCUT2D eigenvalue weighted by Crippen LogP contribution is -2.32. The number of carbonyl (C=O) groups excluding carboxylic acids is 1. The van der Waals surface area contributed by atoms with E-state index >= 15 is 0 Å². The van der Waals surface area contributed by atoms with Gasteiger partial charge in [0, 0.05) is 18.5 Å². The summed E-state index contributed by atoms with van der Waals surface area (Å²) >= 11 is 0. The van der Waals surface area contributed by atoms with Crippen molar-refractivity contribution in [3.05, 3.63) is 22.8 Å². The van der Waals surface area contributed by atoms with Crippen LogP contribution in [-0.2, 0) is 11.2 Å². The lowest BCUT2D eigenvalue weighted by molar-refractivity contribution is -0.124. The van der Waals surface area contributed by atoms with Gasteiger partial charge < -0.3 is 10.2 Å². The van der Waals surface area contributed by atoms with E-state index in [1.54, 1.807) is 0 Å². The molecule has 0 aromatic heterocycles. The lowest BCUT2D eigenvalue weighted by atomic mass is 9.85. The second-order valence-electron chi connectivity index (χ2n) is 9.25. The number of carbonyl (C=O) groups is 1. The molecule has 1 aliphatic rings. The van der Waals surface area contributed by atoms with Crippen molar-refractivity contribution >= 4 is 17.3 Å². The highest BCUT2D eigenvalue weighted by Gasteiger charge is 2.30. The maximum Gasteiger partial charge on any atom is 0.230 e. The van der Waals surface area contributed by atoms with E-state index < -0.39 is 0 Å². The second kappa shape index (κ2) is 10.3. The molecular formula is C25H42N2O. The summed E-state index contributed by atoms with van der Waals surface area (Å²) in [4.78, 5) is 15.6. The minimum atomic E-state index is -0.330. The van der Waals surface area contributed by atoms with Crippen LogP contribution in [0, 0.1) is 19.3 Å². The molecule has 3 heteroatoms. The Hall–Kier alpha value is -1.51. The topological polar surface area (TPSA) is 32.3 Å². The van der Waals surface area contributed by atoms with Gasteiger partial charge >= 0.3 is 0 Å². The summed E-state index contributed by atoms with van der Waals surface area (Å²) in [6, 6.07) is 2.23. The van der Waals surface area contributed by atoms with Gasteiger partial charge in [-0.05, 0) is 50.3 Å². The zero-order valence-corrected chi connectivity index (χ0v) is 19.2. The quantitative estimate of drug-likeness (QED) is 0.425. The number of likely N-dealkylation sites (N-methyl/N-ethyl adjacent to an activating group) is 1. The number of nitrogens with zero attached hydrogens (tertiary/aromatic N) is 1. The number of aryl methyl sites for hydroxylation is 2. The van der Waals surface area contributed by atoms with Crippen LogP contribution in [0.3, 0.4) is 0 Å². The zero-order valence-electron chi connectivity index (χ0n) is 19.2. The maximum absolute atomic E-state index is 13.1. The third kappa shape index (κ3) is 5.52. The minimum absolute atomic E-state index is 0.163. The SMILES string of the molecule is CCCCCCCCCC(C)(C)C(=O)Nc1c(C)cc(C)c2c1N(CC)CC2. The van der Waals surface area contributed by atoms with E-state index in [0.29, 0.717) is 0 Å². The Morgan fingerprint density at radius 1 is 1.04 bits per heavy atom. The van der Waals surface area contributed by atoms with Crippen molar-refractivity contribution in [3.8, 4) is 0 Å². The largest absolute Gasteiger partial charge is 0.370 e. The third-order valence-corrected chi connectivity index (χ3v) is 6.41. The molecule has 2 rings (SSSR count). The number of rotatable bonds is 11. The molecule has 28 heavy (non-hydrogen) atoms. The Bertz CT molecular complexity index is 663. The normalized spacial score (nSPS) is 13.7. The van der Waals surface area contributed by atoms with Crippen LogP contribution in [0.25, 0.3) is 0 Å². The van der Waals surface area contributed by atoms with E-state index in [0.717, 1.165) is 38.0 Å². The Morgan fingerprint density at radius 2 is 1.68 bits per heavy atom. The van der Waals surface area contributed by atoms with Crippen LogP contribution in [0.4, 0.5) is 11.4 Å². The van der Waals surface area contributed by atoms with E-state index in [9.17, 15) is 4.79 Å². The average Bonchev–Trinajstić information content (AvgIpc) is 3.08. The molecule has 1 amide bonds. The molecule has 0 aliphatic carbocycles. The molecule has 1 aromatic carbocycles. The molecule has 1 N–H and O–H groups in total. The van der Waals surface area contributed by atoms with Gasteiger partial charge in [-0.15, -0.1) is 0 Å². The molecule has 0 saturated carbocycles. The molecule has 1 aromatic rings. The molecule has 3 nitrogen and oxygen atoms in total. The average molecular weight is 387 g/mol. The van der Waals surface area contributed by atoms with Gasteiger partial charge in [0.05, 0.1) is 11.4 Å². The summed E-state index contributed by atoms with van der Waals surface area (Å²) in [5.74, 6) is 0.163. The molecule has 0 saturated heterocycles. The van der Waals surface area contributed by atoms with Gasteiger partial charge in [-0.1, -0.05) is 71.8 Å². The van der Waals surface area contributed by atoms with Gasteiger partial charge in [-0.25, -0.2) is 0 Å². The van der Waals surface area contributed by atoms with Crippen molar-refractivity contribution < 1.29 is 4.79 Å². The summed E-state index contributed by atoms with van der Waals surface area (Å²) in [6.07, 6.45) is 11.0. The highest BCUT2D eigenvalue weighted by Crippen LogP contribution is 2.41. The van der Waals surface area contributed by atoms with Gasteiger partial charge in [0.15, 0.2) is 0 Å². The van der Waals surface area contributed by atoms with Crippen LogP contribution >= 0.6 is 0 Å². The van der Waals surface area contributed by atoms with Gasteiger partial charge in [0.25, 0.3) is 0 Å². The number of hydrogen-bond donors (Lipinski definition) is 1. The number of unbranched alkanes of at least 4 members (excludes halogenated alkanes) is 6. The fraction of sp³-hybridized carbons (Fsp3) is 0.720. The van der Waals surface area contributed by atoms with Crippen molar-refractivity contribution in [1.29, 1.82) is 0 Å². The van der Waals surface area contributed by atoms with Crippen molar-refractivity contribution in [3.63, 3.8) is 0 Å². The van der Waals surface area contributed by atoms with Crippen LogP contribution in [0.5, 0.6) is 0 Å². The highest BCUT2D eigenvalue weighted by molar-refractivity contribution is 5.99. The number of amides is 1. The zero-order chi connectivity index (χ0) is 20.7. The number of benzene rings is 1. The molecule has 0 bridgehead atoms. The number of nitrogens with one attached hydrogen (secondary N) is 1. The molecule has 0 atom stereocenters. The third-order valence-electron chi connectivity index (χ3n) is 6.41. The lowest BCUT2D eigenvalue weighted by Gasteiger charge is -2.27. The second-order valence-corrected chi connectivity index (χ2v) is 9.25. The smallest absolute Gasteiger partial charge is 0.230 e. The fourth-order valence-electron chi connectivity index (χ4n) is 4.43. The van der Waals surface area contributed by atoms with Crippen LogP contribution in [0.2, 0.25) is 0 Å². The van der Waals surface area contributed by atoms with Crippen LogP contribution in [-0.4, -0.2) is 19.0 Å². The van der Waals surface area contributed by atoms with Crippen LogP contribution < -0.4 is 10.2 Å². The van der Waals surface area contributed by atoms with Crippen molar-refractivity contribution in [2.24, 2.45) is 5.41 Å². The molecule has 0 spiro atoms. The number of fused-ring (bicyclic) bond motifs is 1. The van der Waals surface area contributed by atoms with Crippen molar-refractivity contribution in [2.75, 3.05) is 23.3 Å². The van der Waals surface area contributed by atoms with Crippen molar-refractivity contribution in [1.82, 2.24) is 0 Å². The molecule has 1 aliphatic heterocycles. The predicted octanol–water partition coefficient (Wildman–Crippen LogP) is 6.79. The first-order valence-corrected chi connectivity index (χ1v) is 11.5. The highest BCUT2D eigenvalue weighted by atomic mass is 16.2. The molecular weight excluding hydrogens is 344 g/mol. The summed E-state index contributed by atoms with van der Waals surface area (Å²) in [5, 5.41) is 3.33. The summed E-state index contributed by atoms with van der Waals surface area (Å²) in [5.41, 5.74) is 5.91. The van der Waals surface area contributed by atoms with Gasteiger partial charge in [-0.3, -0.25) is 4.79 Å². The van der Waals surface area contributed by atoms with Gasteiger partial charge in [0.1, 0.15) is 0 Å². The standard InChI is InChI=1S/C25H42N2O/c1-7-9-10-11-12-13-14-16-25(5,6)24(28)26-22-20(4)18-19(3)21-15-17-27(8-2)23(21)22/h18H,7-17H2,1-6H3,(H,26,28). The molecule has 158 valence electrons. The summed E-state index contributed by atoms with van der Waals surface area (Å²) in [7, 11) is 0. The van der Waals surface area contributed by atoms with Crippen LogP contribution in [0.15, 0.2) is 6.07 Å². The van der Waals surface area contributed by atoms with E-state index in [2.05, 4.69) is 57.8 Å². The first kappa shape index (κ1) is 22.8. The van der Waals surface area contributed by atoms with Crippen molar-refractivity contribution in [2.45, 2.75) is 99.3 Å². The Morgan fingerprint density at radius 3 is 2.32 bits per heavy atom. The summed E-state index contributed by atoms with van der Waals surface area (Å²) < 4.78 is 0. The van der Waals surface area contributed by atoms with E-state index in [1.165, 1.54) is 60.9 Å². The molecule has 0 radical (unpaired) electrons. The fourth-order valence-corrected chi connectivity index (χ4v) is 4.43. The number of anilines is 2. The first-order chi connectivity index (χ1) is 13.3. The van der Waals surface area contributed by atoms with Crippen LogP contribution in [0.1, 0.15) is 95.8 Å².